The van der Waals surface area contributed by atoms with Crippen LogP contribution >= 0.6 is 0 Å². The third-order valence-electron chi connectivity index (χ3n) is 5.43. The number of ether oxygens (including phenoxy) is 3. The van der Waals surface area contributed by atoms with Gasteiger partial charge in [0.05, 0.1) is 13.7 Å². The fourth-order valence-corrected chi connectivity index (χ4v) is 4.04. The second-order valence-corrected chi connectivity index (χ2v) is 7.93. The van der Waals surface area contributed by atoms with Crippen LogP contribution in [0.15, 0.2) is 12.3 Å². The van der Waals surface area contributed by atoms with E-state index in [1.807, 2.05) is 6.92 Å². The largest absolute Gasteiger partial charge is 0.490 e. The molecule has 168 valence electrons. The van der Waals surface area contributed by atoms with Crippen LogP contribution in [0.4, 0.5) is 19.0 Å². The van der Waals surface area contributed by atoms with Gasteiger partial charge in [-0.1, -0.05) is 0 Å². The summed E-state index contributed by atoms with van der Waals surface area (Å²) in [6, 6.07) is 1.01. The number of rotatable bonds is 6. The Morgan fingerprint density at radius 1 is 1.32 bits per heavy atom. The second-order valence-electron chi connectivity index (χ2n) is 7.93. The Morgan fingerprint density at radius 3 is 2.65 bits per heavy atom. The molecule has 1 aromatic carbocycles. The molecule has 1 saturated heterocycles. The molecule has 0 radical (unpaired) electrons. The van der Waals surface area contributed by atoms with Gasteiger partial charge in [0.2, 0.25) is 5.82 Å². The van der Waals surface area contributed by atoms with Crippen LogP contribution in [0.2, 0.25) is 0 Å². The van der Waals surface area contributed by atoms with Gasteiger partial charge in [-0.05, 0) is 24.7 Å². The highest BCUT2D eigenvalue weighted by Crippen LogP contribution is 2.36. The van der Waals surface area contributed by atoms with Gasteiger partial charge in [0.15, 0.2) is 23.1 Å². The van der Waals surface area contributed by atoms with Crippen LogP contribution in [-0.2, 0) is 6.54 Å². The predicted octanol–water partition coefficient (Wildman–Crippen LogP) is 2.91. The fraction of sp³-hybridized carbons (Fsp3) is 0.526. The molecule has 0 aliphatic carbocycles. The molecular weight excluding hydrogens is 421 g/mol. The highest BCUT2D eigenvalue weighted by molar-refractivity contribution is 5.42. The third-order valence-corrected chi connectivity index (χ3v) is 5.43. The van der Waals surface area contributed by atoms with Crippen molar-refractivity contribution in [2.75, 3.05) is 26.7 Å². The lowest BCUT2D eigenvalue weighted by Crippen LogP contribution is -2.48. The summed E-state index contributed by atoms with van der Waals surface area (Å²) in [6.45, 7) is 4.19. The molecule has 1 fully saturated rings. The molecule has 0 saturated carbocycles. The summed E-state index contributed by atoms with van der Waals surface area (Å²) in [6.07, 6.45) is 2.20. The van der Waals surface area contributed by atoms with Crippen molar-refractivity contribution in [2.24, 2.45) is 0 Å². The maximum absolute atomic E-state index is 13.9. The number of hydrogen-bond acceptors (Lipinski definition) is 7. The van der Waals surface area contributed by atoms with Crippen LogP contribution in [0, 0.1) is 27.6 Å². The molecule has 31 heavy (non-hydrogen) atoms. The summed E-state index contributed by atoms with van der Waals surface area (Å²) in [5.41, 5.74) is -0.586. The van der Waals surface area contributed by atoms with E-state index in [4.69, 9.17) is 14.2 Å². The summed E-state index contributed by atoms with van der Waals surface area (Å²) >= 11 is 0. The van der Waals surface area contributed by atoms with Crippen molar-refractivity contribution in [3.63, 3.8) is 0 Å². The first-order chi connectivity index (χ1) is 14.7. The van der Waals surface area contributed by atoms with Crippen molar-refractivity contribution < 1.29 is 32.3 Å². The molecule has 0 unspecified atom stereocenters. The van der Waals surface area contributed by atoms with E-state index in [9.17, 15) is 23.3 Å². The Balaban J connectivity index is 1.33. The van der Waals surface area contributed by atoms with E-state index >= 15 is 0 Å². The molecular formula is C19H21F3N4O5. The lowest BCUT2D eigenvalue weighted by molar-refractivity contribution is -0.389. The molecule has 1 aromatic heterocycles. The molecule has 3 heterocycles. The van der Waals surface area contributed by atoms with Crippen molar-refractivity contribution >= 4 is 5.82 Å². The number of nitro groups is 1. The van der Waals surface area contributed by atoms with Crippen LogP contribution in [-0.4, -0.2) is 57.8 Å². The number of methoxy groups -OCH3 is 1. The number of benzene rings is 1. The molecule has 1 atom stereocenters. The molecule has 0 N–H and O–H groups in total. The van der Waals surface area contributed by atoms with Gasteiger partial charge >= 0.3 is 11.8 Å². The highest BCUT2D eigenvalue weighted by Gasteiger charge is 2.42. The number of halogens is 3. The summed E-state index contributed by atoms with van der Waals surface area (Å²) < 4.78 is 58.9. The van der Waals surface area contributed by atoms with Gasteiger partial charge in [-0.3, -0.25) is 9.47 Å². The van der Waals surface area contributed by atoms with E-state index in [0.717, 1.165) is 13.2 Å². The van der Waals surface area contributed by atoms with Gasteiger partial charge in [0.1, 0.15) is 17.9 Å². The minimum absolute atomic E-state index is 0.171. The summed E-state index contributed by atoms with van der Waals surface area (Å²) in [5.74, 6) is -5.24. The van der Waals surface area contributed by atoms with Crippen LogP contribution in [0.5, 0.6) is 17.5 Å². The topological polar surface area (TPSA) is 91.9 Å². The van der Waals surface area contributed by atoms with E-state index in [0.29, 0.717) is 39.0 Å². The minimum atomic E-state index is -1.60. The highest BCUT2D eigenvalue weighted by atomic mass is 19.2. The van der Waals surface area contributed by atoms with Crippen LogP contribution in [0.1, 0.15) is 19.8 Å². The molecule has 2 aromatic rings. The summed E-state index contributed by atoms with van der Waals surface area (Å²) in [4.78, 5) is 16.3. The van der Waals surface area contributed by atoms with Gasteiger partial charge in [-0.25, -0.2) is 8.78 Å². The van der Waals surface area contributed by atoms with Crippen LogP contribution in [0.25, 0.3) is 0 Å². The number of hydrogen-bond donors (Lipinski definition) is 0. The number of fused-ring (bicyclic) bond motifs is 1. The number of aromatic nitrogens is 2. The molecule has 2 aliphatic heterocycles. The lowest BCUT2D eigenvalue weighted by Gasteiger charge is -2.36. The first-order valence-electron chi connectivity index (χ1n) is 9.70. The van der Waals surface area contributed by atoms with E-state index < -0.39 is 33.7 Å². The maximum Gasteiger partial charge on any atom is 0.415 e. The maximum atomic E-state index is 13.9. The zero-order chi connectivity index (χ0) is 22.3. The van der Waals surface area contributed by atoms with Gasteiger partial charge < -0.3 is 24.3 Å². The quantitative estimate of drug-likeness (QED) is 0.386. The normalized spacial score (nSPS) is 21.6. The van der Waals surface area contributed by atoms with Crippen LogP contribution < -0.4 is 14.2 Å². The monoisotopic (exact) mass is 442 g/mol. The Hall–Kier alpha value is -3.02. The molecule has 0 bridgehead atoms. The minimum Gasteiger partial charge on any atom is -0.490 e. The van der Waals surface area contributed by atoms with Gasteiger partial charge in [0, 0.05) is 30.7 Å². The van der Waals surface area contributed by atoms with Gasteiger partial charge in [-0.2, -0.15) is 4.39 Å². The van der Waals surface area contributed by atoms with Crippen molar-refractivity contribution in [2.45, 2.75) is 38.0 Å². The standard InChI is InChI=1S/C19H21F3N4O5/c1-19(10-25-8-14(26(27)28)23-18(25)31-19)9-24-5-3-11(4-6-24)30-13-7-12(20)15(21)16(22)17(13)29-2/h7-8,11H,3-6,9-10H2,1-2H3/t19-/m1/s1. The number of nitrogens with zero attached hydrogens (tertiary/aromatic N) is 4. The molecule has 0 spiro atoms. The molecule has 12 heteroatoms. The summed E-state index contributed by atoms with van der Waals surface area (Å²) in [7, 11) is 1.16. The van der Waals surface area contributed by atoms with Crippen molar-refractivity contribution in [3.8, 4) is 17.5 Å². The van der Waals surface area contributed by atoms with E-state index in [2.05, 4.69) is 9.88 Å². The van der Waals surface area contributed by atoms with E-state index in [-0.39, 0.29) is 23.7 Å². The number of imidazole rings is 1. The molecule has 0 amide bonds. The first kappa shape index (κ1) is 21.2. The lowest BCUT2D eigenvalue weighted by atomic mass is 10.0. The Labute approximate surface area is 175 Å². The molecule has 9 nitrogen and oxygen atoms in total. The van der Waals surface area contributed by atoms with Crippen molar-refractivity contribution in [3.05, 3.63) is 39.8 Å². The zero-order valence-corrected chi connectivity index (χ0v) is 16.9. The summed E-state index contributed by atoms with van der Waals surface area (Å²) in [5, 5.41) is 10.8. The number of likely N-dealkylation sites (tertiary alicyclic amines) is 1. The van der Waals surface area contributed by atoms with E-state index in [1.54, 1.807) is 4.57 Å². The van der Waals surface area contributed by atoms with E-state index in [1.165, 1.54) is 6.20 Å². The average molecular weight is 442 g/mol. The van der Waals surface area contributed by atoms with Crippen molar-refractivity contribution in [1.82, 2.24) is 14.5 Å². The Kier molecular flexibility index (Phi) is 5.42. The van der Waals surface area contributed by atoms with Gasteiger partial charge in [0.25, 0.3) is 0 Å². The fourth-order valence-electron chi connectivity index (χ4n) is 4.04. The average Bonchev–Trinajstić information content (AvgIpc) is 3.23. The van der Waals surface area contributed by atoms with Gasteiger partial charge in [-0.15, -0.1) is 0 Å². The third kappa shape index (κ3) is 4.11. The smallest absolute Gasteiger partial charge is 0.415 e. The zero-order valence-electron chi connectivity index (χ0n) is 16.9. The second kappa shape index (κ2) is 7.91. The van der Waals surface area contributed by atoms with Crippen LogP contribution in [0.3, 0.4) is 0 Å². The molecule has 4 rings (SSSR count). The Bertz CT molecular complexity index is 983. The SMILES string of the molecule is COc1c(OC2CCN(C[C@]3(C)Cn4cc([N+](=O)[O-])nc4O3)CC2)cc(F)c(F)c1F. The Morgan fingerprint density at radius 2 is 2.03 bits per heavy atom. The first-order valence-corrected chi connectivity index (χ1v) is 9.70. The predicted molar refractivity (Wildman–Crippen MR) is 101 cm³/mol. The number of piperidine rings is 1. The van der Waals surface area contributed by atoms with Crippen molar-refractivity contribution in [1.29, 1.82) is 0 Å². The molecule has 2 aliphatic rings.